The van der Waals surface area contributed by atoms with E-state index in [1.165, 1.54) is 0 Å². The number of hydrogen-bond donors (Lipinski definition) is 1. The molecule has 1 aliphatic heterocycles. The quantitative estimate of drug-likeness (QED) is 0.736. The highest BCUT2D eigenvalue weighted by atomic mass is 16.2. The smallest absolute Gasteiger partial charge is 0.259 e. The molecular formula is C21H21N3O2. The molecule has 0 aliphatic carbocycles. The summed E-state index contributed by atoms with van der Waals surface area (Å²) in [4.78, 5) is 33.1. The summed E-state index contributed by atoms with van der Waals surface area (Å²) >= 11 is 0. The van der Waals surface area contributed by atoms with Crippen LogP contribution in [0.4, 0.5) is 5.69 Å². The van der Waals surface area contributed by atoms with E-state index in [0.29, 0.717) is 18.5 Å². The Kier molecular flexibility index (Phi) is 3.99. The minimum Gasteiger partial charge on any atom is -0.372 e. The van der Waals surface area contributed by atoms with Crippen LogP contribution in [0.1, 0.15) is 22.8 Å². The van der Waals surface area contributed by atoms with Crippen LogP contribution in [-0.2, 0) is 6.54 Å². The number of anilines is 1. The number of pyridine rings is 1. The molecule has 0 spiro atoms. The molecule has 1 amide bonds. The molecule has 0 bridgehead atoms. The van der Waals surface area contributed by atoms with Gasteiger partial charge >= 0.3 is 0 Å². The Morgan fingerprint density at radius 3 is 2.69 bits per heavy atom. The van der Waals surface area contributed by atoms with Gasteiger partial charge in [-0.2, -0.15) is 0 Å². The van der Waals surface area contributed by atoms with Crippen molar-refractivity contribution in [1.82, 2.24) is 9.88 Å². The first-order chi connectivity index (χ1) is 12.6. The van der Waals surface area contributed by atoms with Gasteiger partial charge in [0.2, 0.25) is 5.43 Å². The Balaban J connectivity index is 1.76. The summed E-state index contributed by atoms with van der Waals surface area (Å²) in [7, 11) is 2.03. The van der Waals surface area contributed by atoms with Crippen LogP contribution >= 0.6 is 0 Å². The first-order valence-corrected chi connectivity index (χ1v) is 8.76. The van der Waals surface area contributed by atoms with Crippen molar-refractivity contribution in [1.29, 1.82) is 0 Å². The summed E-state index contributed by atoms with van der Waals surface area (Å²) in [5, 5.41) is 0.540. The molecule has 5 nitrogen and oxygen atoms in total. The van der Waals surface area contributed by atoms with Crippen molar-refractivity contribution in [2.24, 2.45) is 0 Å². The normalized spacial score (nSPS) is 17.1. The second kappa shape index (κ2) is 6.33. The fraction of sp³-hybridized carbons (Fsp3) is 0.238. The van der Waals surface area contributed by atoms with Crippen LogP contribution in [-0.4, -0.2) is 35.4 Å². The minimum atomic E-state index is -0.227. The van der Waals surface area contributed by atoms with Gasteiger partial charge < -0.3 is 14.8 Å². The average molecular weight is 347 g/mol. The van der Waals surface area contributed by atoms with E-state index in [1.54, 1.807) is 17.2 Å². The molecule has 1 aliphatic rings. The second-order valence-electron chi connectivity index (χ2n) is 6.87. The number of H-pyrrole nitrogens is 1. The zero-order valence-corrected chi connectivity index (χ0v) is 14.9. The van der Waals surface area contributed by atoms with Gasteiger partial charge in [0.1, 0.15) is 5.56 Å². The maximum absolute atomic E-state index is 13.2. The van der Waals surface area contributed by atoms with Gasteiger partial charge in [0.25, 0.3) is 5.91 Å². The van der Waals surface area contributed by atoms with Gasteiger partial charge in [0, 0.05) is 49.0 Å². The number of carbonyl (C=O) groups is 1. The van der Waals surface area contributed by atoms with Gasteiger partial charge in [0.15, 0.2) is 0 Å². The molecule has 0 fully saturated rings. The van der Waals surface area contributed by atoms with Gasteiger partial charge in [-0.1, -0.05) is 30.3 Å². The zero-order chi connectivity index (χ0) is 18.3. The van der Waals surface area contributed by atoms with Crippen molar-refractivity contribution >= 4 is 22.5 Å². The number of carbonyl (C=O) groups excluding carboxylic acids is 1. The fourth-order valence-electron chi connectivity index (χ4n) is 3.70. The first kappa shape index (κ1) is 16.4. The van der Waals surface area contributed by atoms with Crippen LogP contribution < -0.4 is 10.3 Å². The summed E-state index contributed by atoms with van der Waals surface area (Å²) in [6.07, 6.45) is 1.54. The molecule has 0 radical (unpaired) electrons. The van der Waals surface area contributed by atoms with E-state index >= 15 is 0 Å². The number of aromatic nitrogens is 1. The van der Waals surface area contributed by atoms with Crippen molar-refractivity contribution in [3.63, 3.8) is 0 Å². The Morgan fingerprint density at radius 2 is 1.85 bits per heavy atom. The number of likely N-dealkylation sites (N-methyl/N-ethyl adjacent to an activating group) is 1. The largest absolute Gasteiger partial charge is 0.372 e. The Labute approximate surface area is 151 Å². The van der Waals surface area contributed by atoms with Gasteiger partial charge in [-0.25, -0.2) is 0 Å². The molecule has 0 saturated carbocycles. The lowest BCUT2D eigenvalue weighted by Crippen LogP contribution is -2.43. The van der Waals surface area contributed by atoms with E-state index in [9.17, 15) is 9.59 Å². The highest BCUT2D eigenvalue weighted by Crippen LogP contribution is 2.26. The van der Waals surface area contributed by atoms with Gasteiger partial charge in [0.05, 0.1) is 0 Å². The van der Waals surface area contributed by atoms with Crippen LogP contribution in [0, 0.1) is 0 Å². The van der Waals surface area contributed by atoms with Gasteiger partial charge in [-0.3, -0.25) is 9.59 Å². The van der Waals surface area contributed by atoms with Crippen molar-refractivity contribution in [3.05, 3.63) is 76.1 Å². The van der Waals surface area contributed by atoms with Crippen LogP contribution in [0.2, 0.25) is 0 Å². The van der Waals surface area contributed by atoms with Crippen molar-refractivity contribution in [2.75, 3.05) is 18.5 Å². The average Bonchev–Trinajstić information content (AvgIpc) is 2.78. The van der Waals surface area contributed by atoms with E-state index in [2.05, 4.69) is 16.0 Å². The Hall–Kier alpha value is -3.08. The molecule has 2 aromatic carbocycles. The van der Waals surface area contributed by atoms with Crippen molar-refractivity contribution in [3.8, 4) is 0 Å². The standard InChI is InChI=1S/C21H21N3O2/c1-14-12-23(2)19-10-6-3-7-15(19)13-24(14)21(26)17-11-22-18-9-5-4-8-16(18)20(17)25/h3-11,14H,12-13H2,1-2H3,(H,22,25)/t14-/m1/s1. The zero-order valence-electron chi connectivity index (χ0n) is 14.9. The third-order valence-electron chi connectivity index (χ3n) is 5.09. The maximum atomic E-state index is 13.2. The topological polar surface area (TPSA) is 56.4 Å². The molecule has 1 atom stereocenters. The third-order valence-corrected chi connectivity index (χ3v) is 5.09. The molecule has 1 aromatic heterocycles. The molecule has 3 aromatic rings. The lowest BCUT2D eigenvalue weighted by atomic mass is 10.1. The fourth-order valence-corrected chi connectivity index (χ4v) is 3.70. The predicted molar refractivity (Wildman–Crippen MR) is 104 cm³/mol. The molecule has 0 saturated heterocycles. The molecule has 26 heavy (non-hydrogen) atoms. The molecule has 132 valence electrons. The summed E-state index contributed by atoms with van der Waals surface area (Å²) in [5.41, 5.74) is 2.93. The molecule has 4 rings (SSSR count). The molecule has 2 heterocycles. The van der Waals surface area contributed by atoms with E-state index in [0.717, 1.165) is 16.8 Å². The monoisotopic (exact) mass is 347 g/mol. The van der Waals surface area contributed by atoms with Crippen LogP contribution in [0.5, 0.6) is 0 Å². The minimum absolute atomic E-state index is 0.00855. The van der Waals surface area contributed by atoms with E-state index in [4.69, 9.17) is 0 Å². The molecular weight excluding hydrogens is 326 g/mol. The second-order valence-corrected chi connectivity index (χ2v) is 6.87. The SMILES string of the molecule is C[C@@H]1CN(C)c2ccccc2CN1C(=O)c1c[nH]c2ccccc2c1=O. The summed E-state index contributed by atoms with van der Waals surface area (Å²) in [5.74, 6) is -0.227. The van der Waals surface area contributed by atoms with Crippen molar-refractivity contribution < 1.29 is 4.79 Å². The lowest BCUT2D eigenvalue weighted by molar-refractivity contribution is 0.0686. The number of hydrogen-bond acceptors (Lipinski definition) is 3. The molecule has 1 N–H and O–H groups in total. The number of nitrogens with one attached hydrogen (secondary N) is 1. The number of para-hydroxylation sites is 2. The highest BCUT2D eigenvalue weighted by Gasteiger charge is 2.29. The molecule has 0 unspecified atom stereocenters. The number of nitrogens with zero attached hydrogens (tertiary/aromatic N) is 2. The first-order valence-electron chi connectivity index (χ1n) is 8.76. The van der Waals surface area contributed by atoms with E-state index in [1.807, 2.05) is 50.4 Å². The number of aromatic amines is 1. The van der Waals surface area contributed by atoms with Crippen LogP contribution in [0.3, 0.4) is 0 Å². The number of rotatable bonds is 1. The third kappa shape index (κ3) is 2.65. The maximum Gasteiger partial charge on any atom is 0.259 e. The van der Waals surface area contributed by atoms with E-state index in [-0.39, 0.29) is 22.9 Å². The summed E-state index contributed by atoms with van der Waals surface area (Å²) < 4.78 is 0. The number of amides is 1. The van der Waals surface area contributed by atoms with Crippen molar-refractivity contribution in [2.45, 2.75) is 19.5 Å². The Bertz CT molecular complexity index is 1040. The summed E-state index contributed by atoms with van der Waals surface area (Å²) in [6, 6.07) is 15.3. The Morgan fingerprint density at radius 1 is 1.12 bits per heavy atom. The number of fused-ring (bicyclic) bond motifs is 2. The highest BCUT2D eigenvalue weighted by molar-refractivity contribution is 5.97. The number of benzene rings is 2. The van der Waals surface area contributed by atoms with Crippen LogP contribution in [0.15, 0.2) is 59.5 Å². The predicted octanol–water partition coefficient (Wildman–Crippen LogP) is 3.01. The molecule has 5 heteroatoms. The summed E-state index contributed by atoms with van der Waals surface area (Å²) in [6.45, 7) is 3.23. The van der Waals surface area contributed by atoms with Gasteiger partial charge in [-0.15, -0.1) is 0 Å². The van der Waals surface area contributed by atoms with E-state index < -0.39 is 0 Å². The van der Waals surface area contributed by atoms with Gasteiger partial charge in [-0.05, 0) is 30.7 Å². The lowest BCUT2D eigenvalue weighted by Gasteiger charge is -2.28. The van der Waals surface area contributed by atoms with Crippen LogP contribution in [0.25, 0.3) is 10.9 Å².